The second-order valence-corrected chi connectivity index (χ2v) is 9.96. The first-order valence-electron chi connectivity index (χ1n) is 10.4. The van der Waals surface area contributed by atoms with Crippen LogP contribution in [0.15, 0.2) is 47.5 Å². The lowest BCUT2D eigenvalue weighted by Crippen LogP contribution is -2.41. The Morgan fingerprint density at radius 2 is 1.97 bits per heavy atom. The van der Waals surface area contributed by atoms with E-state index in [4.69, 9.17) is 5.73 Å². The zero-order valence-electron chi connectivity index (χ0n) is 17.5. The molecule has 162 valence electrons. The Balaban J connectivity index is 1.65. The Kier molecular flexibility index (Phi) is 6.97. The topological polar surface area (TPSA) is 105 Å². The molecule has 0 aliphatic carbocycles. The van der Waals surface area contributed by atoms with E-state index < -0.39 is 10.0 Å². The first-order valence-corrected chi connectivity index (χ1v) is 11.8. The molecule has 30 heavy (non-hydrogen) atoms. The molecule has 1 saturated heterocycles. The van der Waals surface area contributed by atoms with Crippen molar-refractivity contribution >= 4 is 27.4 Å². The van der Waals surface area contributed by atoms with E-state index in [-0.39, 0.29) is 16.7 Å². The van der Waals surface area contributed by atoms with Gasteiger partial charge >= 0.3 is 0 Å². The zero-order valence-corrected chi connectivity index (χ0v) is 18.4. The van der Waals surface area contributed by atoms with Crippen LogP contribution in [0.3, 0.4) is 0 Å². The molecule has 7 nitrogen and oxygen atoms in total. The van der Waals surface area contributed by atoms with Crippen molar-refractivity contribution in [2.45, 2.75) is 44.4 Å². The fourth-order valence-electron chi connectivity index (χ4n) is 3.56. The Labute approximate surface area is 178 Å². The van der Waals surface area contributed by atoms with Gasteiger partial charge in [-0.3, -0.25) is 9.52 Å². The van der Waals surface area contributed by atoms with Crippen LogP contribution >= 0.6 is 0 Å². The monoisotopic (exact) mass is 430 g/mol. The van der Waals surface area contributed by atoms with E-state index in [0.29, 0.717) is 24.0 Å². The Bertz CT molecular complexity index is 957. The van der Waals surface area contributed by atoms with Crippen molar-refractivity contribution in [2.24, 2.45) is 17.6 Å². The summed E-state index contributed by atoms with van der Waals surface area (Å²) in [4.78, 5) is 18.1. The fraction of sp³-hybridized carbons (Fsp3) is 0.455. The predicted molar refractivity (Wildman–Crippen MR) is 119 cm³/mol. The van der Waals surface area contributed by atoms with Crippen LogP contribution in [0.4, 0.5) is 11.5 Å². The molecule has 1 aromatic heterocycles. The number of anilines is 2. The number of aryl methyl sites for hydroxylation is 1. The number of rotatable bonds is 8. The lowest BCUT2D eigenvalue weighted by atomic mass is 9.97. The molecule has 8 heteroatoms. The number of nitrogens with zero attached hydrogens (tertiary/aromatic N) is 2. The number of piperidine rings is 1. The molecule has 0 bridgehead atoms. The number of carbonyl (C=O) groups excluding carboxylic acids is 1. The maximum absolute atomic E-state index is 12.7. The van der Waals surface area contributed by atoms with Gasteiger partial charge in [0.1, 0.15) is 5.82 Å². The number of aromatic nitrogens is 1. The summed E-state index contributed by atoms with van der Waals surface area (Å²) in [7, 11) is -3.68. The van der Waals surface area contributed by atoms with Crippen molar-refractivity contribution in [3.8, 4) is 0 Å². The normalized spacial score (nSPS) is 17.2. The van der Waals surface area contributed by atoms with Gasteiger partial charge in [0.25, 0.3) is 10.0 Å². The van der Waals surface area contributed by atoms with E-state index >= 15 is 0 Å². The van der Waals surface area contributed by atoms with Crippen molar-refractivity contribution in [3.63, 3.8) is 0 Å². The first-order chi connectivity index (χ1) is 14.2. The Morgan fingerprint density at radius 1 is 1.23 bits per heavy atom. The number of nitrogens with one attached hydrogen (secondary N) is 1. The molecule has 2 heterocycles. The number of nitrogens with two attached hydrogens (primary N) is 1. The van der Waals surface area contributed by atoms with Crippen LogP contribution in [0.1, 0.15) is 38.7 Å². The van der Waals surface area contributed by atoms with Crippen molar-refractivity contribution < 1.29 is 13.2 Å². The van der Waals surface area contributed by atoms with Gasteiger partial charge in [0.2, 0.25) is 5.91 Å². The van der Waals surface area contributed by atoms with Gasteiger partial charge in [0.05, 0.1) is 22.7 Å². The molecule has 0 spiro atoms. The number of hydrogen-bond acceptors (Lipinski definition) is 5. The molecule has 3 rings (SSSR count). The van der Waals surface area contributed by atoms with Crippen LogP contribution < -0.4 is 15.4 Å². The predicted octanol–water partition coefficient (Wildman–Crippen LogP) is 3.17. The minimum Gasteiger partial charge on any atom is -0.369 e. The van der Waals surface area contributed by atoms with Gasteiger partial charge in [-0.2, -0.15) is 0 Å². The molecule has 1 atom stereocenters. The number of sulfonamides is 1. The molecule has 1 aliphatic rings. The number of amides is 1. The summed E-state index contributed by atoms with van der Waals surface area (Å²) in [6, 6.07) is 10.4. The van der Waals surface area contributed by atoms with Crippen LogP contribution in [-0.2, 0) is 21.2 Å². The standard InChI is InChI=1S/C22H30N4O3S/c1-16(2)5-6-17-7-10-20(11-8-17)30(28,29)25-19-9-12-21(24-14-19)26-13-3-4-18(15-26)22(23)27/h7-12,14,16,18,25H,3-6,13,15H2,1-2H3,(H2,23,27). The number of benzene rings is 1. The van der Waals surface area contributed by atoms with Gasteiger partial charge < -0.3 is 10.6 Å². The summed E-state index contributed by atoms with van der Waals surface area (Å²) in [6.45, 7) is 5.68. The highest BCUT2D eigenvalue weighted by atomic mass is 32.2. The maximum Gasteiger partial charge on any atom is 0.261 e. The molecule has 0 saturated carbocycles. The van der Waals surface area contributed by atoms with E-state index in [2.05, 4.69) is 23.6 Å². The van der Waals surface area contributed by atoms with Crippen LogP contribution in [0.5, 0.6) is 0 Å². The van der Waals surface area contributed by atoms with E-state index in [0.717, 1.165) is 37.8 Å². The highest BCUT2D eigenvalue weighted by Crippen LogP contribution is 2.23. The number of primary amides is 1. The van der Waals surface area contributed by atoms with Crippen molar-refractivity contribution in [1.82, 2.24) is 4.98 Å². The van der Waals surface area contributed by atoms with Gasteiger partial charge in [-0.05, 0) is 61.4 Å². The van der Waals surface area contributed by atoms with Crippen molar-refractivity contribution in [3.05, 3.63) is 48.2 Å². The third kappa shape index (κ3) is 5.72. The SMILES string of the molecule is CC(C)CCc1ccc(S(=O)(=O)Nc2ccc(N3CCCC(C(N)=O)C3)nc2)cc1. The molecule has 2 aromatic rings. The second kappa shape index (κ2) is 9.47. The van der Waals surface area contributed by atoms with Gasteiger partial charge in [-0.15, -0.1) is 0 Å². The van der Waals surface area contributed by atoms with Gasteiger partial charge in [-0.1, -0.05) is 26.0 Å². The van der Waals surface area contributed by atoms with Crippen LogP contribution in [0.25, 0.3) is 0 Å². The molecule has 3 N–H and O–H groups in total. The molecule has 1 amide bonds. The largest absolute Gasteiger partial charge is 0.369 e. The van der Waals surface area contributed by atoms with E-state index in [1.807, 2.05) is 17.0 Å². The van der Waals surface area contributed by atoms with Crippen molar-refractivity contribution in [2.75, 3.05) is 22.7 Å². The maximum atomic E-state index is 12.7. The molecule has 1 unspecified atom stereocenters. The number of pyridine rings is 1. The average Bonchev–Trinajstić information content (AvgIpc) is 2.73. The van der Waals surface area contributed by atoms with E-state index in [1.165, 1.54) is 6.20 Å². The summed E-state index contributed by atoms with van der Waals surface area (Å²) in [6.07, 6.45) is 5.16. The first kappa shape index (κ1) is 22.1. The molecular formula is C22H30N4O3S. The van der Waals surface area contributed by atoms with Crippen LogP contribution in [-0.4, -0.2) is 32.4 Å². The summed E-state index contributed by atoms with van der Waals surface area (Å²) in [5.74, 6) is 0.845. The smallest absolute Gasteiger partial charge is 0.261 e. The third-order valence-electron chi connectivity index (χ3n) is 5.39. The van der Waals surface area contributed by atoms with Gasteiger partial charge in [0.15, 0.2) is 0 Å². The number of carbonyl (C=O) groups is 1. The Hall–Kier alpha value is -2.61. The minimum atomic E-state index is -3.68. The molecule has 1 aliphatic heterocycles. The quantitative estimate of drug-likeness (QED) is 0.669. The van der Waals surface area contributed by atoms with Crippen LogP contribution in [0.2, 0.25) is 0 Å². The molecule has 1 fully saturated rings. The highest BCUT2D eigenvalue weighted by Gasteiger charge is 2.24. The zero-order chi connectivity index (χ0) is 21.7. The summed E-state index contributed by atoms with van der Waals surface area (Å²) in [5.41, 5.74) is 6.96. The second-order valence-electron chi connectivity index (χ2n) is 8.27. The number of hydrogen-bond donors (Lipinski definition) is 2. The minimum absolute atomic E-state index is 0.178. The summed E-state index contributed by atoms with van der Waals surface area (Å²) >= 11 is 0. The van der Waals surface area contributed by atoms with Crippen molar-refractivity contribution in [1.29, 1.82) is 0 Å². The van der Waals surface area contributed by atoms with E-state index in [1.54, 1.807) is 24.3 Å². The van der Waals surface area contributed by atoms with Crippen LogP contribution in [0, 0.1) is 11.8 Å². The van der Waals surface area contributed by atoms with Gasteiger partial charge in [0, 0.05) is 13.1 Å². The average molecular weight is 431 g/mol. The fourth-order valence-corrected chi connectivity index (χ4v) is 4.60. The lowest BCUT2D eigenvalue weighted by molar-refractivity contribution is -0.122. The molecular weight excluding hydrogens is 400 g/mol. The van der Waals surface area contributed by atoms with Gasteiger partial charge in [-0.25, -0.2) is 13.4 Å². The Morgan fingerprint density at radius 3 is 2.57 bits per heavy atom. The third-order valence-corrected chi connectivity index (χ3v) is 6.79. The molecule has 0 radical (unpaired) electrons. The van der Waals surface area contributed by atoms with E-state index in [9.17, 15) is 13.2 Å². The summed E-state index contributed by atoms with van der Waals surface area (Å²) < 4.78 is 27.9. The lowest BCUT2D eigenvalue weighted by Gasteiger charge is -2.32. The highest BCUT2D eigenvalue weighted by molar-refractivity contribution is 7.92. The molecule has 1 aromatic carbocycles. The summed E-state index contributed by atoms with van der Waals surface area (Å²) in [5, 5.41) is 0.